The van der Waals surface area contributed by atoms with Gasteiger partial charge in [0.1, 0.15) is 13.1 Å². The van der Waals surface area contributed by atoms with E-state index in [2.05, 4.69) is 26.0 Å². The standard InChI is InChI=1S/C17H30O3/c1-14(9-10-16-7-5-4-6-8-16)17(20-13-19-3)15(2)11-12-18/h9-10,12,14-17H,4-8,11,13H2,1-3H3/b10-9+/t14-,15-,17+/m0/s1. The maximum atomic E-state index is 10.7. The van der Waals surface area contributed by atoms with Crippen molar-refractivity contribution in [2.45, 2.75) is 58.5 Å². The van der Waals surface area contributed by atoms with Crippen LogP contribution in [0.5, 0.6) is 0 Å². The Bertz CT molecular complexity index is 282. The summed E-state index contributed by atoms with van der Waals surface area (Å²) in [6, 6.07) is 0. The summed E-state index contributed by atoms with van der Waals surface area (Å²) in [5.74, 6) is 1.26. The number of hydrogen-bond acceptors (Lipinski definition) is 3. The molecule has 3 atom stereocenters. The fourth-order valence-electron chi connectivity index (χ4n) is 3.04. The van der Waals surface area contributed by atoms with Crippen molar-refractivity contribution < 1.29 is 14.3 Å². The van der Waals surface area contributed by atoms with Gasteiger partial charge in [0.25, 0.3) is 0 Å². The van der Waals surface area contributed by atoms with Crippen molar-refractivity contribution in [1.29, 1.82) is 0 Å². The maximum absolute atomic E-state index is 10.7. The fraction of sp³-hybridized carbons (Fsp3) is 0.824. The van der Waals surface area contributed by atoms with E-state index in [-0.39, 0.29) is 18.8 Å². The minimum absolute atomic E-state index is 0.0417. The van der Waals surface area contributed by atoms with Crippen LogP contribution in [0, 0.1) is 17.8 Å². The summed E-state index contributed by atoms with van der Waals surface area (Å²) < 4.78 is 10.8. The lowest BCUT2D eigenvalue weighted by atomic mass is 9.86. The largest absolute Gasteiger partial charge is 0.359 e. The molecule has 0 aromatic rings. The summed E-state index contributed by atoms with van der Waals surface area (Å²) in [6.07, 6.45) is 12.9. The molecule has 0 radical (unpaired) electrons. The van der Waals surface area contributed by atoms with Gasteiger partial charge >= 0.3 is 0 Å². The van der Waals surface area contributed by atoms with Crippen LogP contribution in [0.15, 0.2) is 12.2 Å². The van der Waals surface area contributed by atoms with Crippen LogP contribution >= 0.6 is 0 Å². The Balaban J connectivity index is 2.53. The van der Waals surface area contributed by atoms with Crippen LogP contribution in [-0.2, 0) is 14.3 Å². The van der Waals surface area contributed by atoms with Gasteiger partial charge in [-0.15, -0.1) is 0 Å². The van der Waals surface area contributed by atoms with E-state index in [1.54, 1.807) is 7.11 Å². The summed E-state index contributed by atoms with van der Waals surface area (Å²) in [5, 5.41) is 0. The highest BCUT2D eigenvalue weighted by Gasteiger charge is 2.23. The topological polar surface area (TPSA) is 35.5 Å². The molecule has 1 saturated carbocycles. The predicted octanol–water partition coefficient (Wildman–Crippen LogP) is 3.97. The molecule has 0 aromatic carbocycles. The van der Waals surface area contributed by atoms with Crippen LogP contribution in [0.25, 0.3) is 0 Å². The average Bonchev–Trinajstić information content (AvgIpc) is 2.47. The zero-order chi connectivity index (χ0) is 14.8. The van der Waals surface area contributed by atoms with Gasteiger partial charge in [0.2, 0.25) is 0 Å². The van der Waals surface area contributed by atoms with Crippen LogP contribution in [0.1, 0.15) is 52.4 Å². The Hall–Kier alpha value is -0.670. The van der Waals surface area contributed by atoms with Crippen molar-refractivity contribution in [3.05, 3.63) is 12.2 Å². The number of methoxy groups -OCH3 is 1. The van der Waals surface area contributed by atoms with Crippen molar-refractivity contribution in [3.8, 4) is 0 Å². The van der Waals surface area contributed by atoms with Crippen molar-refractivity contribution in [3.63, 3.8) is 0 Å². The van der Waals surface area contributed by atoms with E-state index in [0.29, 0.717) is 12.3 Å². The van der Waals surface area contributed by atoms with E-state index < -0.39 is 0 Å². The van der Waals surface area contributed by atoms with Crippen molar-refractivity contribution in [2.75, 3.05) is 13.9 Å². The van der Waals surface area contributed by atoms with E-state index >= 15 is 0 Å². The quantitative estimate of drug-likeness (QED) is 0.364. The maximum Gasteiger partial charge on any atom is 0.146 e. The molecule has 0 N–H and O–H groups in total. The van der Waals surface area contributed by atoms with Gasteiger partial charge in [0.15, 0.2) is 0 Å². The lowest BCUT2D eigenvalue weighted by Crippen LogP contribution is -2.29. The Labute approximate surface area is 123 Å². The third-order valence-electron chi connectivity index (χ3n) is 4.26. The minimum Gasteiger partial charge on any atom is -0.359 e. The summed E-state index contributed by atoms with van der Waals surface area (Å²) >= 11 is 0. The van der Waals surface area contributed by atoms with Crippen molar-refractivity contribution >= 4 is 6.29 Å². The Morgan fingerprint density at radius 2 is 1.90 bits per heavy atom. The predicted molar refractivity (Wildman–Crippen MR) is 81.5 cm³/mol. The number of carbonyl (C=O) groups excluding carboxylic acids is 1. The average molecular weight is 282 g/mol. The second kappa shape index (κ2) is 10.1. The number of hydrogen-bond donors (Lipinski definition) is 0. The normalized spacial score (nSPS) is 21.8. The van der Waals surface area contributed by atoms with Gasteiger partial charge in [-0.05, 0) is 24.7 Å². The monoisotopic (exact) mass is 282 g/mol. The van der Waals surface area contributed by atoms with Gasteiger partial charge < -0.3 is 14.3 Å². The molecule has 0 bridgehead atoms. The molecule has 0 aliphatic heterocycles. The minimum atomic E-state index is 0.0417. The number of carbonyl (C=O) groups is 1. The zero-order valence-corrected chi connectivity index (χ0v) is 13.2. The van der Waals surface area contributed by atoms with Gasteiger partial charge in [-0.25, -0.2) is 0 Å². The molecule has 1 rings (SSSR count). The molecular weight excluding hydrogens is 252 g/mol. The first-order valence-corrected chi connectivity index (χ1v) is 7.91. The first-order chi connectivity index (χ1) is 9.69. The van der Waals surface area contributed by atoms with Crippen LogP contribution in [0.2, 0.25) is 0 Å². The molecule has 0 amide bonds. The number of rotatable bonds is 9. The highest BCUT2D eigenvalue weighted by atomic mass is 16.7. The molecule has 0 heterocycles. The van der Waals surface area contributed by atoms with Crippen LogP contribution in [0.3, 0.4) is 0 Å². The number of allylic oxidation sites excluding steroid dienone is 1. The third kappa shape index (κ3) is 6.19. The first kappa shape index (κ1) is 17.4. The van der Waals surface area contributed by atoms with Gasteiger partial charge in [-0.1, -0.05) is 45.3 Å². The molecule has 1 aliphatic rings. The number of aldehydes is 1. The summed E-state index contributed by atoms with van der Waals surface area (Å²) in [5.41, 5.74) is 0. The first-order valence-electron chi connectivity index (χ1n) is 7.91. The zero-order valence-electron chi connectivity index (χ0n) is 13.2. The third-order valence-corrected chi connectivity index (χ3v) is 4.26. The lowest BCUT2D eigenvalue weighted by molar-refractivity contribution is -0.116. The molecule has 20 heavy (non-hydrogen) atoms. The Morgan fingerprint density at radius 3 is 2.50 bits per heavy atom. The lowest BCUT2D eigenvalue weighted by Gasteiger charge is -2.27. The second-order valence-electron chi connectivity index (χ2n) is 6.06. The van der Waals surface area contributed by atoms with Crippen molar-refractivity contribution in [2.24, 2.45) is 17.8 Å². The van der Waals surface area contributed by atoms with Crippen LogP contribution < -0.4 is 0 Å². The summed E-state index contributed by atoms with van der Waals surface area (Å²) in [6.45, 7) is 4.52. The SMILES string of the molecule is COCO[C@H]([C@@H](C)/C=C/C1CCCCC1)[C@@H](C)CC=O. The van der Waals surface area contributed by atoms with Gasteiger partial charge in [0.05, 0.1) is 6.10 Å². The smallest absolute Gasteiger partial charge is 0.146 e. The van der Waals surface area contributed by atoms with Crippen molar-refractivity contribution in [1.82, 2.24) is 0 Å². The Kier molecular flexibility index (Phi) is 8.79. The molecule has 0 saturated heterocycles. The molecule has 3 heteroatoms. The molecule has 116 valence electrons. The second-order valence-corrected chi connectivity index (χ2v) is 6.06. The van der Waals surface area contributed by atoms with E-state index in [9.17, 15) is 4.79 Å². The molecule has 3 nitrogen and oxygen atoms in total. The van der Waals surface area contributed by atoms with Crippen LogP contribution in [0.4, 0.5) is 0 Å². The highest BCUT2D eigenvalue weighted by molar-refractivity contribution is 5.49. The van der Waals surface area contributed by atoms with E-state index in [1.807, 2.05) is 0 Å². The molecular formula is C17H30O3. The number of ether oxygens (including phenoxy) is 2. The Morgan fingerprint density at radius 1 is 1.20 bits per heavy atom. The van der Waals surface area contributed by atoms with Crippen LogP contribution in [-0.4, -0.2) is 26.3 Å². The van der Waals surface area contributed by atoms with Gasteiger partial charge in [-0.3, -0.25) is 0 Å². The van der Waals surface area contributed by atoms with Gasteiger partial charge in [0, 0.05) is 19.4 Å². The van der Waals surface area contributed by atoms with E-state index in [1.165, 1.54) is 32.1 Å². The molecule has 0 aromatic heterocycles. The summed E-state index contributed by atoms with van der Waals surface area (Å²) in [4.78, 5) is 10.7. The van der Waals surface area contributed by atoms with E-state index in [4.69, 9.17) is 9.47 Å². The van der Waals surface area contributed by atoms with E-state index in [0.717, 1.165) is 12.2 Å². The molecule has 1 aliphatic carbocycles. The molecule has 0 spiro atoms. The summed E-state index contributed by atoms with van der Waals surface area (Å²) in [7, 11) is 1.63. The molecule has 1 fully saturated rings. The van der Waals surface area contributed by atoms with Gasteiger partial charge in [-0.2, -0.15) is 0 Å². The highest BCUT2D eigenvalue weighted by Crippen LogP contribution is 2.26. The molecule has 0 unspecified atom stereocenters. The fourth-order valence-corrected chi connectivity index (χ4v) is 3.04.